The van der Waals surface area contributed by atoms with Gasteiger partial charge in [0.25, 0.3) is 5.91 Å². The maximum absolute atomic E-state index is 12.7. The Balaban J connectivity index is 1.34. The average molecular weight is 381 g/mol. The molecule has 5 nitrogen and oxygen atoms in total. The summed E-state index contributed by atoms with van der Waals surface area (Å²) in [7, 11) is 0. The third-order valence-electron chi connectivity index (χ3n) is 5.86. The lowest BCUT2D eigenvalue weighted by Gasteiger charge is -2.29. The van der Waals surface area contributed by atoms with E-state index in [-0.39, 0.29) is 11.9 Å². The Labute approximate surface area is 167 Å². The van der Waals surface area contributed by atoms with Crippen LogP contribution in [0.5, 0.6) is 0 Å². The van der Waals surface area contributed by atoms with Gasteiger partial charge in [-0.25, -0.2) is 0 Å². The van der Waals surface area contributed by atoms with Crippen LogP contribution >= 0.6 is 0 Å². The van der Waals surface area contributed by atoms with Crippen molar-refractivity contribution < 1.29 is 14.8 Å². The summed E-state index contributed by atoms with van der Waals surface area (Å²) in [5, 5.41) is 5.29. The predicted octanol–water partition coefficient (Wildman–Crippen LogP) is 2.49. The number of anilines is 2. The maximum atomic E-state index is 12.7. The molecule has 0 spiro atoms. The molecule has 1 heterocycles. The molecule has 148 valence electrons. The second kappa shape index (κ2) is 8.76. The highest BCUT2D eigenvalue weighted by molar-refractivity contribution is 5.93. The number of morpholine rings is 1. The van der Waals surface area contributed by atoms with Gasteiger partial charge < -0.3 is 20.3 Å². The number of fused-ring (bicyclic) bond motifs is 1. The number of nitrogens with two attached hydrogens (primary N) is 1. The van der Waals surface area contributed by atoms with Crippen molar-refractivity contribution >= 4 is 17.3 Å². The van der Waals surface area contributed by atoms with Crippen molar-refractivity contribution in [1.29, 1.82) is 0 Å². The summed E-state index contributed by atoms with van der Waals surface area (Å²) >= 11 is 0. The van der Waals surface area contributed by atoms with Crippen LogP contribution in [-0.4, -0.2) is 38.3 Å². The number of amides is 1. The maximum Gasteiger partial charge on any atom is 0.282 e. The van der Waals surface area contributed by atoms with Gasteiger partial charge in [0.15, 0.2) is 6.04 Å². The van der Waals surface area contributed by atoms with E-state index in [1.165, 1.54) is 23.2 Å². The summed E-state index contributed by atoms with van der Waals surface area (Å²) in [6.45, 7) is 5.38. The first-order valence-electron chi connectivity index (χ1n) is 10.4. The van der Waals surface area contributed by atoms with Gasteiger partial charge in [-0.1, -0.05) is 24.3 Å². The van der Waals surface area contributed by atoms with Crippen LogP contribution in [0.1, 0.15) is 36.9 Å². The molecule has 4 rings (SSSR count). The number of nitrogens with one attached hydrogen (secondary N) is 1. The number of benzene rings is 2. The largest absolute Gasteiger partial charge is 0.378 e. The standard InChI is InChI=1S/C23H29N3O2/c1-17(24-22-8-4-6-18-5-2-3-7-21(18)22)23(27)25-19-9-11-20(12-10-19)26-13-15-28-16-14-26/h2-3,5,7,9-12,17,22,24H,4,6,8,13-16H2,1H3,(H,25,27)/p+1/t17-,22-/m1/s1. The Kier molecular flexibility index (Phi) is 5.93. The molecule has 1 aliphatic carbocycles. The van der Waals surface area contributed by atoms with Crippen molar-refractivity contribution in [3.8, 4) is 0 Å². The Bertz CT molecular complexity index is 800. The van der Waals surface area contributed by atoms with Gasteiger partial charge in [-0.05, 0) is 49.6 Å². The lowest BCUT2D eigenvalue weighted by Crippen LogP contribution is -2.92. The number of carbonyl (C=O) groups is 1. The minimum Gasteiger partial charge on any atom is -0.378 e. The van der Waals surface area contributed by atoms with Crippen LogP contribution in [0.4, 0.5) is 11.4 Å². The van der Waals surface area contributed by atoms with E-state index in [1.54, 1.807) is 0 Å². The zero-order chi connectivity index (χ0) is 19.3. The molecule has 1 aliphatic heterocycles. The first kappa shape index (κ1) is 19.0. The number of quaternary nitrogens is 1. The highest BCUT2D eigenvalue weighted by Gasteiger charge is 2.27. The van der Waals surface area contributed by atoms with Crippen LogP contribution in [0.25, 0.3) is 0 Å². The summed E-state index contributed by atoms with van der Waals surface area (Å²) in [5.41, 5.74) is 4.86. The van der Waals surface area contributed by atoms with E-state index in [1.807, 2.05) is 19.1 Å². The smallest absolute Gasteiger partial charge is 0.282 e. The highest BCUT2D eigenvalue weighted by Crippen LogP contribution is 2.26. The van der Waals surface area contributed by atoms with E-state index in [9.17, 15) is 4.79 Å². The van der Waals surface area contributed by atoms with Crippen molar-refractivity contribution in [3.63, 3.8) is 0 Å². The van der Waals surface area contributed by atoms with Crippen molar-refractivity contribution in [2.24, 2.45) is 0 Å². The third-order valence-corrected chi connectivity index (χ3v) is 5.86. The first-order chi connectivity index (χ1) is 13.7. The first-order valence-corrected chi connectivity index (χ1v) is 10.4. The van der Waals surface area contributed by atoms with Crippen LogP contribution in [0.15, 0.2) is 48.5 Å². The van der Waals surface area contributed by atoms with E-state index in [0.29, 0.717) is 6.04 Å². The van der Waals surface area contributed by atoms with Crippen LogP contribution in [0.2, 0.25) is 0 Å². The zero-order valence-corrected chi connectivity index (χ0v) is 16.6. The zero-order valence-electron chi connectivity index (χ0n) is 16.6. The molecule has 0 bridgehead atoms. The van der Waals surface area contributed by atoms with E-state index in [4.69, 9.17) is 4.74 Å². The van der Waals surface area contributed by atoms with Gasteiger partial charge in [0.2, 0.25) is 0 Å². The van der Waals surface area contributed by atoms with E-state index >= 15 is 0 Å². The number of nitrogens with zero attached hydrogens (tertiary/aromatic N) is 1. The van der Waals surface area contributed by atoms with Gasteiger partial charge in [-0.15, -0.1) is 0 Å². The van der Waals surface area contributed by atoms with Crippen molar-refractivity contribution in [2.45, 2.75) is 38.3 Å². The van der Waals surface area contributed by atoms with E-state index in [2.05, 4.69) is 51.9 Å². The average Bonchev–Trinajstić information content (AvgIpc) is 2.75. The fourth-order valence-electron chi connectivity index (χ4n) is 4.26. The van der Waals surface area contributed by atoms with E-state index in [0.717, 1.165) is 44.8 Å². The second-order valence-corrected chi connectivity index (χ2v) is 7.81. The summed E-state index contributed by atoms with van der Waals surface area (Å²) in [4.78, 5) is 15.0. The molecule has 1 fully saturated rings. The van der Waals surface area contributed by atoms with Crippen molar-refractivity contribution in [2.75, 3.05) is 36.5 Å². The second-order valence-electron chi connectivity index (χ2n) is 7.81. The van der Waals surface area contributed by atoms with Gasteiger partial charge in [-0.2, -0.15) is 0 Å². The van der Waals surface area contributed by atoms with Gasteiger partial charge in [-0.3, -0.25) is 4.79 Å². The SMILES string of the molecule is C[C@@H]([NH2+][C@@H]1CCCc2ccccc21)C(=O)Nc1ccc(N2CCOCC2)cc1. The molecule has 2 aromatic carbocycles. The number of rotatable bonds is 5. The molecule has 0 radical (unpaired) electrons. The van der Waals surface area contributed by atoms with Crippen LogP contribution in [0.3, 0.4) is 0 Å². The lowest BCUT2D eigenvalue weighted by molar-refractivity contribution is -0.714. The molecule has 2 atom stereocenters. The van der Waals surface area contributed by atoms with E-state index < -0.39 is 0 Å². The monoisotopic (exact) mass is 380 g/mol. The molecule has 2 aliphatic rings. The molecular formula is C23H30N3O2+. The lowest BCUT2D eigenvalue weighted by atomic mass is 9.87. The summed E-state index contributed by atoms with van der Waals surface area (Å²) in [6, 6.07) is 17.0. The summed E-state index contributed by atoms with van der Waals surface area (Å²) in [6.07, 6.45) is 3.47. The Morgan fingerprint density at radius 3 is 2.68 bits per heavy atom. The number of carbonyl (C=O) groups excluding carboxylic acids is 1. The normalized spacial score (nSPS) is 20.3. The Morgan fingerprint density at radius 1 is 1.14 bits per heavy atom. The van der Waals surface area contributed by atoms with Crippen LogP contribution in [-0.2, 0) is 16.0 Å². The summed E-state index contributed by atoms with van der Waals surface area (Å²) in [5.74, 6) is 0.0576. The molecule has 0 aromatic heterocycles. The molecule has 1 saturated heterocycles. The number of hydrogen-bond acceptors (Lipinski definition) is 3. The molecule has 28 heavy (non-hydrogen) atoms. The summed E-state index contributed by atoms with van der Waals surface area (Å²) < 4.78 is 5.41. The number of hydrogen-bond donors (Lipinski definition) is 2. The minimum absolute atomic E-state index is 0.0576. The van der Waals surface area contributed by atoms with Gasteiger partial charge in [0.1, 0.15) is 6.04 Å². The molecule has 0 unspecified atom stereocenters. The molecule has 0 saturated carbocycles. The Hall–Kier alpha value is -2.37. The van der Waals surface area contributed by atoms with Gasteiger partial charge in [0, 0.05) is 36.4 Å². The highest BCUT2D eigenvalue weighted by atomic mass is 16.5. The molecule has 5 heteroatoms. The topological polar surface area (TPSA) is 58.2 Å². The van der Waals surface area contributed by atoms with Crippen LogP contribution in [0, 0.1) is 0 Å². The molecular weight excluding hydrogens is 350 g/mol. The molecule has 2 aromatic rings. The predicted molar refractivity (Wildman–Crippen MR) is 112 cm³/mol. The fourth-order valence-corrected chi connectivity index (χ4v) is 4.26. The molecule has 1 amide bonds. The molecule has 3 N–H and O–H groups in total. The fraction of sp³-hybridized carbons (Fsp3) is 0.435. The number of ether oxygens (including phenoxy) is 1. The third kappa shape index (κ3) is 4.37. The quantitative estimate of drug-likeness (QED) is 0.838. The van der Waals surface area contributed by atoms with Gasteiger partial charge in [0.05, 0.1) is 13.2 Å². The Morgan fingerprint density at radius 2 is 1.89 bits per heavy atom. The van der Waals surface area contributed by atoms with Crippen molar-refractivity contribution in [3.05, 3.63) is 59.7 Å². The van der Waals surface area contributed by atoms with Gasteiger partial charge >= 0.3 is 0 Å². The van der Waals surface area contributed by atoms with Crippen LogP contribution < -0.4 is 15.5 Å². The number of aryl methyl sites for hydroxylation is 1. The van der Waals surface area contributed by atoms with Crippen molar-refractivity contribution in [1.82, 2.24) is 0 Å². The minimum atomic E-state index is -0.130.